The summed E-state index contributed by atoms with van der Waals surface area (Å²) in [6.45, 7) is 9.42. The van der Waals surface area contributed by atoms with E-state index in [2.05, 4.69) is 140 Å². The van der Waals surface area contributed by atoms with Gasteiger partial charge in [-0.2, -0.15) is 43.8 Å². The topological polar surface area (TPSA) is 240 Å². The number of nitrogens with zero attached hydrogens (tertiary/aromatic N) is 15. The smallest absolute Gasteiger partial charge is 0.228 e. The van der Waals surface area contributed by atoms with Crippen LogP contribution in [0.3, 0.4) is 0 Å². The largest absolute Gasteiger partial charge is 0.351 e. The molecule has 1 unspecified atom stereocenters. The van der Waals surface area contributed by atoms with Crippen molar-refractivity contribution in [3.8, 4) is 34.2 Å². The van der Waals surface area contributed by atoms with E-state index in [-0.39, 0.29) is 36.3 Å². The van der Waals surface area contributed by atoms with Crippen LogP contribution in [0.4, 0.5) is 31.0 Å². The van der Waals surface area contributed by atoms with Gasteiger partial charge in [-0.15, -0.1) is 0 Å². The molecule has 9 heterocycles. The first-order valence-electron chi connectivity index (χ1n) is 39.8. The van der Waals surface area contributed by atoms with Crippen LogP contribution in [0.1, 0.15) is 185 Å². The van der Waals surface area contributed by atoms with Crippen molar-refractivity contribution in [2.75, 3.05) is 35.6 Å². The van der Waals surface area contributed by atoms with Crippen molar-refractivity contribution in [1.82, 2.24) is 89.6 Å². The fraction of sp³-hybridized carbons (Fsp3) is 0.379. The molecule has 9 aromatic heterocycles. The van der Waals surface area contributed by atoms with Crippen LogP contribution in [0.25, 0.3) is 67.8 Å². The Balaban J connectivity index is 0.000000112. The molecule has 3 saturated carbocycles. The molecule has 0 bridgehead atoms. The number of benzene rings is 3. The van der Waals surface area contributed by atoms with E-state index in [0.717, 1.165) is 148 Å². The van der Waals surface area contributed by atoms with Crippen LogP contribution in [0.5, 0.6) is 0 Å². The van der Waals surface area contributed by atoms with Gasteiger partial charge in [0.2, 0.25) is 17.8 Å². The van der Waals surface area contributed by atoms with Gasteiger partial charge in [0, 0.05) is 88.2 Å². The molecule has 0 aliphatic heterocycles. The summed E-state index contributed by atoms with van der Waals surface area (Å²) in [6.07, 6.45) is 34.2. The molecule has 6 N–H and O–H groups in total. The van der Waals surface area contributed by atoms with E-state index < -0.39 is 17.5 Å². The van der Waals surface area contributed by atoms with Crippen molar-refractivity contribution in [2.24, 2.45) is 17.8 Å². The molecule has 21 nitrogen and oxygen atoms in total. The zero-order chi connectivity index (χ0) is 74.8. The van der Waals surface area contributed by atoms with Gasteiger partial charge in [0.1, 0.15) is 17.5 Å². The monoisotopic (exact) mass is 1490 g/mol. The minimum Gasteiger partial charge on any atom is -0.351 e. The Labute approximate surface area is 642 Å². The van der Waals surface area contributed by atoms with Gasteiger partial charge in [0.25, 0.3) is 0 Å². The average molecular weight is 1490 g/mol. The molecule has 9 aliphatic rings. The molecule has 0 radical (unpaired) electrons. The zero-order valence-corrected chi connectivity index (χ0v) is 62.7. The first kappa shape index (κ1) is 70.4. The van der Waals surface area contributed by atoms with E-state index in [1.807, 2.05) is 18.6 Å². The van der Waals surface area contributed by atoms with Crippen LogP contribution in [-0.2, 0) is 19.3 Å². The van der Waals surface area contributed by atoms with Crippen LogP contribution in [0.2, 0.25) is 0 Å². The Morgan fingerprint density at radius 3 is 0.955 bits per heavy atom. The van der Waals surface area contributed by atoms with Gasteiger partial charge in [-0.1, -0.05) is 89.5 Å². The number of nitrogens with one attached hydrogen (secondary N) is 6. The van der Waals surface area contributed by atoms with E-state index in [1.165, 1.54) is 125 Å². The summed E-state index contributed by atoms with van der Waals surface area (Å²) >= 11 is 0. The molecule has 0 amide bonds. The number of fused-ring (bicyclic) bond motifs is 9. The molecule has 9 aliphatic carbocycles. The molecular weight excluding hydrogens is 1400 g/mol. The van der Waals surface area contributed by atoms with Gasteiger partial charge < -0.3 is 31.9 Å². The lowest BCUT2D eigenvalue weighted by Gasteiger charge is -2.26. The second-order valence-corrected chi connectivity index (χ2v) is 32.0. The summed E-state index contributed by atoms with van der Waals surface area (Å²) in [4.78, 5) is 41.1. The van der Waals surface area contributed by atoms with Crippen LogP contribution < -0.4 is 31.9 Å². The van der Waals surface area contributed by atoms with E-state index in [0.29, 0.717) is 52.0 Å². The Kier molecular flexibility index (Phi) is 19.1. The number of hydrogen-bond donors (Lipinski definition) is 6. The molecule has 12 aromatic rings. The first-order valence-corrected chi connectivity index (χ1v) is 39.8. The van der Waals surface area contributed by atoms with Gasteiger partial charge in [-0.05, 0) is 242 Å². The maximum absolute atomic E-state index is 14.0. The molecule has 0 saturated heterocycles. The predicted molar refractivity (Wildman–Crippen MR) is 424 cm³/mol. The first-order chi connectivity index (χ1) is 54.4. The summed E-state index contributed by atoms with van der Waals surface area (Å²) < 4.78 is 47.5. The predicted octanol–water partition coefficient (Wildman–Crippen LogP) is 16.1. The lowest BCUT2D eigenvalue weighted by Crippen LogP contribution is -2.26. The third-order valence-corrected chi connectivity index (χ3v) is 24.0. The van der Waals surface area contributed by atoms with Crippen LogP contribution in [0.15, 0.2) is 163 Å². The molecule has 21 rings (SSSR count). The number of pyridine rings is 3. The summed E-state index contributed by atoms with van der Waals surface area (Å²) in [5.41, 5.74) is 24.4. The Morgan fingerprint density at radius 1 is 0.369 bits per heavy atom. The number of hydrogen-bond acceptors (Lipinski definition) is 18. The highest BCUT2D eigenvalue weighted by Crippen LogP contribution is 2.46. The number of rotatable bonds is 21. The molecular formula is C87H90F3N21. The Morgan fingerprint density at radius 2 is 0.667 bits per heavy atom. The zero-order valence-electron chi connectivity index (χ0n) is 62.7. The molecule has 24 heteroatoms. The average Bonchev–Trinajstić information content (AvgIpc) is 1.65. The van der Waals surface area contributed by atoms with Crippen molar-refractivity contribution >= 4 is 51.5 Å². The van der Waals surface area contributed by atoms with Crippen LogP contribution >= 0.6 is 0 Å². The van der Waals surface area contributed by atoms with Gasteiger partial charge in [0.15, 0.2) is 34.4 Å². The standard InChI is InChI=1S/3C29H30FN7/c3*1-17(32-13-18-6-7-18)26-16-33-37-28(26)35-27(21-11-22(30)15-31-14-21)36-29(37)34-23-9-8-20-10-19-4-2-3-5-24(19)25(20)12-23/h3*2-5,11,14-18,23,32H,6-10,12-13H2,1H3,(H,34,35,36)/t17?,23-;17-,23+;17-,23-/m101/s1. The quantitative estimate of drug-likeness (QED) is 0.0392. The van der Waals surface area contributed by atoms with Gasteiger partial charge >= 0.3 is 0 Å². The lowest BCUT2D eigenvalue weighted by molar-refractivity contribution is 0.550. The van der Waals surface area contributed by atoms with Crippen molar-refractivity contribution in [3.63, 3.8) is 0 Å². The fourth-order valence-electron chi connectivity index (χ4n) is 17.2. The van der Waals surface area contributed by atoms with E-state index in [4.69, 9.17) is 45.2 Å². The van der Waals surface area contributed by atoms with Crippen LogP contribution in [-0.4, -0.2) is 111 Å². The molecule has 3 fully saturated rings. The highest BCUT2D eigenvalue weighted by atomic mass is 19.1. The van der Waals surface area contributed by atoms with Crippen molar-refractivity contribution < 1.29 is 13.2 Å². The summed E-state index contributed by atoms with van der Waals surface area (Å²) in [7, 11) is 0. The number of allylic oxidation sites excluding steroid dienone is 3. The summed E-state index contributed by atoms with van der Waals surface area (Å²) in [6, 6.07) is 31.5. The second kappa shape index (κ2) is 30.0. The van der Waals surface area contributed by atoms with Gasteiger partial charge in [-0.3, -0.25) is 15.0 Å². The maximum atomic E-state index is 14.0. The number of halogens is 3. The van der Waals surface area contributed by atoms with Crippen molar-refractivity contribution in [2.45, 2.75) is 173 Å². The highest BCUT2D eigenvalue weighted by molar-refractivity contribution is 5.80. The third kappa shape index (κ3) is 14.9. The second-order valence-electron chi connectivity index (χ2n) is 32.0. The van der Waals surface area contributed by atoms with E-state index >= 15 is 0 Å². The van der Waals surface area contributed by atoms with Crippen molar-refractivity contribution in [3.05, 3.63) is 231 Å². The third-order valence-electron chi connectivity index (χ3n) is 24.0. The number of anilines is 3. The van der Waals surface area contributed by atoms with E-state index in [9.17, 15) is 13.2 Å². The molecule has 0 spiro atoms. The summed E-state index contributed by atoms with van der Waals surface area (Å²) in [5, 5.41) is 36.0. The van der Waals surface area contributed by atoms with E-state index in [1.54, 1.807) is 48.9 Å². The van der Waals surface area contributed by atoms with Gasteiger partial charge in [0.05, 0.1) is 37.2 Å². The Bertz CT molecular complexity index is 5100. The molecule has 6 atom stereocenters. The Hall–Kier alpha value is -11.0. The maximum Gasteiger partial charge on any atom is 0.228 e. The fourth-order valence-corrected chi connectivity index (χ4v) is 17.2. The molecule has 111 heavy (non-hydrogen) atoms. The molecule has 564 valence electrons. The normalized spacial score (nSPS) is 19.7. The highest BCUT2D eigenvalue weighted by Gasteiger charge is 2.35. The van der Waals surface area contributed by atoms with Crippen molar-refractivity contribution in [1.29, 1.82) is 0 Å². The SMILES string of the molecule is CC(NCC1CC1)c1cnn2c(N[C@@H]3CCC4=C(C3)c3ccccc3C4)nc(-c3cncc(F)c3)nc12.C[C@@H](NCC1CC1)c1cnn2c(N[C@@H]3CCC4=C(C3)c3ccccc3C4)nc(-c3cncc(F)c3)nc12.C[C@H](NCC1CC1)c1cnn2c(N[C@@H]3CCC4=C(C3)c3ccccc3C4)nc(-c3cncc(F)c3)nc12. The molecule has 3 aromatic carbocycles. The minimum atomic E-state index is -0.407. The van der Waals surface area contributed by atoms with Crippen LogP contribution in [0, 0.1) is 35.2 Å². The number of aromatic nitrogens is 15. The van der Waals surface area contributed by atoms with Gasteiger partial charge in [-0.25, -0.2) is 28.1 Å². The lowest BCUT2D eigenvalue weighted by atomic mass is 9.88. The summed E-state index contributed by atoms with van der Waals surface area (Å²) in [5.74, 6) is 4.32. The minimum absolute atomic E-state index is 0.0942.